The molecule has 3 nitrogen and oxygen atoms in total. The van der Waals surface area contributed by atoms with Gasteiger partial charge in [0.15, 0.2) is 9.84 Å². The van der Waals surface area contributed by atoms with Gasteiger partial charge in [-0.2, -0.15) is 0 Å². The summed E-state index contributed by atoms with van der Waals surface area (Å²) < 4.78 is 25.0. The Bertz CT molecular complexity index is 497. The average Bonchev–Trinajstić information content (AvgIpc) is 2.23. The maximum atomic E-state index is 12.1. The predicted octanol–water partition coefficient (Wildman–Crippen LogP) is 2.99. The molecule has 0 aliphatic heterocycles. The van der Waals surface area contributed by atoms with E-state index in [2.05, 4.69) is 15.9 Å². The molecule has 0 bridgehead atoms. The third kappa shape index (κ3) is 3.45. The van der Waals surface area contributed by atoms with Gasteiger partial charge in [0.05, 0.1) is 11.0 Å². The number of nitrogen functional groups attached to an aromatic ring is 1. The molecule has 96 valence electrons. The van der Waals surface area contributed by atoms with Gasteiger partial charge < -0.3 is 5.73 Å². The number of sulfone groups is 1. The summed E-state index contributed by atoms with van der Waals surface area (Å²) >= 11 is 3.33. The minimum Gasteiger partial charge on any atom is -0.398 e. The van der Waals surface area contributed by atoms with Gasteiger partial charge in [0.2, 0.25) is 0 Å². The smallest absolute Gasteiger partial charge is 0.157 e. The van der Waals surface area contributed by atoms with Crippen LogP contribution in [0, 0.1) is 5.92 Å². The van der Waals surface area contributed by atoms with Gasteiger partial charge in [-0.25, -0.2) is 8.42 Å². The zero-order chi connectivity index (χ0) is 13.2. The van der Waals surface area contributed by atoms with Crippen LogP contribution in [-0.4, -0.2) is 13.7 Å². The molecule has 0 saturated heterocycles. The number of anilines is 1. The van der Waals surface area contributed by atoms with Gasteiger partial charge in [0.1, 0.15) is 0 Å². The largest absolute Gasteiger partial charge is 0.398 e. The topological polar surface area (TPSA) is 60.2 Å². The minimum absolute atomic E-state index is 0.0258. The van der Waals surface area contributed by atoms with E-state index in [9.17, 15) is 8.42 Å². The fourth-order valence-corrected chi connectivity index (χ4v) is 3.83. The first-order valence-electron chi connectivity index (χ1n) is 5.50. The lowest BCUT2D eigenvalue weighted by atomic mass is 10.2. The Kier molecular flexibility index (Phi) is 4.61. The van der Waals surface area contributed by atoms with Gasteiger partial charge in [0.25, 0.3) is 0 Å². The van der Waals surface area contributed by atoms with E-state index in [0.29, 0.717) is 10.2 Å². The van der Waals surface area contributed by atoms with Crippen LogP contribution in [0.1, 0.15) is 26.3 Å². The molecule has 0 aromatic heterocycles. The highest BCUT2D eigenvalue weighted by atomic mass is 79.9. The number of hydrogen-bond acceptors (Lipinski definition) is 3. The first-order chi connectivity index (χ1) is 7.75. The number of benzene rings is 1. The van der Waals surface area contributed by atoms with Crippen molar-refractivity contribution in [3.05, 3.63) is 28.2 Å². The van der Waals surface area contributed by atoms with Crippen LogP contribution in [0.2, 0.25) is 0 Å². The molecule has 1 aromatic rings. The Labute approximate surface area is 111 Å². The van der Waals surface area contributed by atoms with E-state index in [1.54, 1.807) is 25.1 Å². The van der Waals surface area contributed by atoms with E-state index in [0.717, 1.165) is 5.56 Å². The van der Waals surface area contributed by atoms with Crippen LogP contribution >= 0.6 is 15.9 Å². The monoisotopic (exact) mass is 319 g/mol. The molecule has 0 heterocycles. The molecule has 0 amide bonds. The van der Waals surface area contributed by atoms with E-state index in [4.69, 9.17) is 5.73 Å². The van der Waals surface area contributed by atoms with E-state index in [1.165, 1.54) is 0 Å². The minimum atomic E-state index is -3.14. The number of rotatable bonds is 4. The fourth-order valence-electron chi connectivity index (χ4n) is 1.47. The van der Waals surface area contributed by atoms with E-state index in [-0.39, 0.29) is 16.9 Å². The van der Waals surface area contributed by atoms with Crippen molar-refractivity contribution in [1.29, 1.82) is 0 Å². The van der Waals surface area contributed by atoms with E-state index < -0.39 is 9.84 Å². The standard InChI is InChI=1S/C12H18BrNO2S/c1-8(2)9(3)17(15,16)7-10-5-4-6-11(14)12(10)13/h4-6,8-9H,7,14H2,1-3H3. The Morgan fingerprint density at radius 2 is 1.88 bits per heavy atom. The van der Waals surface area contributed by atoms with Gasteiger partial charge in [-0.15, -0.1) is 0 Å². The molecule has 0 aliphatic rings. The summed E-state index contributed by atoms with van der Waals surface area (Å²) in [6, 6.07) is 5.29. The number of hydrogen-bond donors (Lipinski definition) is 1. The normalized spacial score (nSPS) is 13.9. The Morgan fingerprint density at radius 1 is 1.29 bits per heavy atom. The van der Waals surface area contributed by atoms with E-state index >= 15 is 0 Å². The first-order valence-corrected chi connectivity index (χ1v) is 8.01. The maximum Gasteiger partial charge on any atom is 0.157 e. The van der Waals surface area contributed by atoms with Crippen LogP contribution in [0.15, 0.2) is 22.7 Å². The SMILES string of the molecule is CC(C)C(C)S(=O)(=O)Cc1cccc(N)c1Br. The molecule has 0 aliphatic carbocycles. The lowest BCUT2D eigenvalue weighted by Crippen LogP contribution is -2.25. The van der Waals surface area contributed by atoms with Crippen LogP contribution in [0.3, 0.4) is 0 Å². The molecule has 1 unspecified atom stereocenters. The molecule has 1 rings (SSSR count). The highest BCUT2D eigenvalue weighted by Crippen LogP contribution is 2.27. The Morgan fingerprint density at radius 3 is 2.41 bits per heavy atom. The molecule has 0 fully saturated rings. The molecule has 0 saturated carbocycles. The van der Waals surface area contributed by atoms with E-state index in [1.807, 2.05) is 13.8 Å². The van der Waals surface area contributed by atoms with Gasteiger partial charge >= 0.3 is 0 Å². The second-order valence-electron chi connectivity index (χ2n) is 4.58. The van der Waals surface area contributed by atoms with Gasteiger partial charge in [-0.05, 0) is 40.4 Å². The molecule has 0 radical (unpaired) electrons. The van der Waals surface area contributed by atoms with Crippen molar-refractivity contribution in [2.45, 2.75) is 31.8 Å². The molecule has 2 N–H and O–H groups in total. The first kappa shape index (κ1) is 14.5. The fraction of sp³-hybridized carbons (Fsp3) is 0.500. The lowest BCUT2D eigenvalue weighted by molar-refractivity contribution is 0.545. The van der Waals surface area contributed by atoms with Gasteiger partial charge in [-0.1, -0.05) is 26.0 Å². The Balaban J connectivity index is 3.03. The summed E-state index contributed by atoms with van der Waals surface area (Å²) in [6.45, 7) is 5.58. The molecular formula is C12H18BrNO2S. The highest BCUT2D eigenvalue weighted by molar-refractivity contribution is 9.10. The molecule has 0 spiro atoms. The van der Waals surface area contributed by atoms with Gasteiger partial charge in [-0.3, -0.25) is 0 Å². The molecule has 17 heavy (non-hydrogen) atoms. The van der Waals surface area contributed by atoms with Crippen LogP contribution in [0.5, 0.6) is 0 Å². The van der Waals surface area contributed by atoms with Crippen LogP contribution in [0.25, 0.3) is 0 Å². The summed E-state index contributed by atoms with van der Waals surface area (Å²) in [5.41, 5.74) is 7.02. The van der Waals surface area contributed by atoms with Crippen molar-refractivity contribution >= 4 is 31.5 Å². The number of nitrogens with two attached hydrogens (primary N) is 1. The van der Waals surface area contributed by atoms with Crippen LogP contribution in [0.4, 0.5) is 5.69 Å². The van der Waals surface area contributed by atoms with Crippen molar-refractivity contribution in [1.82, 2.24) is 0 Å². The summed E-state index contributed by atoms with van der Waals surface area (Å²) in [5.74, 6) is 0.137. The average molecular weight is 320 g/mol. The Hall–Kier alpha value is -0.550. The summed E-state index contributed by atoms with van der Waals surface area (Å²) in [6.07, 6.45) is 0. The van der Waals surface area contributed by atoms with Crippen molar-refractivity contribution in [2.75, 3.05) is 5.73 Å². The second-order valence-corrected chi connectivity index (χ2v) is 7.73. The zero-order valence-corrected chi connectivity index (χ0v) is 12.7. The molecule has 1 atom stereocenters. The van der Waals surface area contributed by atoms with Crippen molar-refractivity contribution in [3.63, 3.8) is 0 Å². The summed E-state index contributed by atoms with van der Waals surface area (Å²) in [4.78, 5) is 0. The van der Waals surface area contributed by atoms with Crippen molar-refractivity contribution < 1.29 is 8.42 Å². The molecule has 5 heteroatoms. The zero-order valence-electron chi connectivity index (χ0n) is 10.3. The molecule has 1 aromatic carbocycles. The van der Waals surface area contributed by atoms with Crippen molar-refractivity contribution in [2.24, 2.45) is 5.92 Å². The van der Waals surface area contributed by atoms with Crippen LogP contribution < -0.4 is 5.73 Å². The maximum absolute atomic E-state index is 12.1. The summed E-state index contributed by atoms with van der Waals surface area (Å²) in [5, 5.41) is -0.351. The highest BCUT2D eigenvalue weighted by Gasteiger charge is 2.25. The predicted molar refractivity (Wildman–Crippen MR) is 75.5 cm³/mol. The third-order valence-corrected chi connectivity index (χ3v) is 6.33. The summed E-state index contributed by atoms with van der Waals surface area (Å²) in [7, 11) is -3.14. The lowest BCUT2D eigenvalue weighted by Gasteiger charge is -2.17. The molecular weight excluding hydrogens is 302 g/mol. The second kappa shape index (κ2) is 5.40. The van der Waals surface area contributed by atoms with Crippen LogP contribution in [-0.2, 0) is 15.6 Å². The third-order valence-electron chi connectivity index (χ3n) is 2.97. The number of halogens is 1. The quantitative estimate of drug-likeness (QED) is 0.868. The van der Waals surface area contributed by atoms with Gasteiger partial charge in [0, 0.05) is 10.2 Å². The van der Waals surface area contributed by atoms with Crippen molar-refractivity contribution in [3.8, 4) is 0 Å².